The Labute approximate surface area is 220 Å². The van der Waals surface area contributed by atoms with Gasteiger partial charge in [0.05, 0.1) is 41.6 Å². The Balaban J connectivity index is 0.00000107. The highest BCUT2D eigenvalue weighted by Gasteiger charge is 2.33. The minimum absolute atomic E-state index is 0.272. The summed E-state index contributed by atoms with van der Waals surface area (Å²) in [5.74, 6) is 0.181. The molecule has 204 valence electrons. The van der Waals surface area contributed by atoms with Gasteiger partial charge >= 0.3 is 0 Å². The number of ether oxygens (including phenoxy) is 1. The van der Waals surface area contributed by atoms with Gasteiger partial charge < -0.3 is 10.1 Å². The number of piperidine rings is 1. The maximum absolute atomic E-state index is 13.2. The average molecular weight is 531 g/mol. The van der Waals surface area contributed by atoms with Gasteiger partial charge in [0.1, 0.15) is 5.82 Å². The molecule has 0 saturated carbocycles. The molecule has 2 saturated heterocycles. The Morgan fingerprint density at radius 1 is 1.11 bits per heavy atom. The summed E-state index contributed by atoms with van der Waals surface area (Å²) in [6.45, 7) is 7.26. The van der Waals surface area contributed by atoms with E-state index in [4.69, 9.17) is 9.72 Å². The number of carbonyl (C=O) groups is 1. The molecule has 5 heterocycles. The molecule has 2 fully saturated rings. The van der Waals surface area contributed by atoms with E-state index in [0.717, 1.165) is 56.4 Å². The van der Waals surface area contributed by atoms with E-state index in [0.29, 0.717) is 40.8 Å². The number of likely N-dealkylation sites (tertiary alicyclic amines) is 1. The summed E-state index contributed by atoms with van der Waals surface area (Å²) in [6.07, 6.45) is 7.96. The first kappa shape index (κ1) is 27.7. The number of pyridine rings is 2. The number of aryl methyl sites for hydroxylation is 1. The average Bonchev–Trinajstić information content (AvgIpc) is 3.51. The molecule has 5 rings (SSSR count). The molecule has 2 unspecified atom stereocenters. The smallest absolute Gasteiger partial charge is 0.259 e. The first-order valence-electron chi connectivity index (χ1n) is 12.7. The lowest BCUT2D eigenvalue weighted by atomic mass is 9.89. The zero-order chi connectivity index (χ0) is 27.2. The van der Waals surface area contributed by atoms with Crippen molar-refractivity contribution < 1.29 is 22.7 Å². The monoisotopic (exact) mass is 530 g/mol. The van der Waals surface area contributed by atoms with Crippen molar-refractivity contribution in [3.63, 3.8) is 0 Å². The van der Waals surface area contributed by atoms with Crippen LogP contribution in [0, 0.1) is 19.7 Å². The van der Waals surface area contributed by atoms with Crippen LogP contribution in [0.15, 0.2) is 36.8 Å². The number of nitrogens with one attached hydrogen (secondary N) is 1. The van der Waals surface area contributed by atoms with Gasteiger partial charge in [0, 0.05) is 24.3 Å². The number of aromatic nitrogens is 4. The fourth-order valence-corrected chi connectivity index (χ4v) is 5.34. The van der Waals surface area contributed by atoms with E-state index in [1.54, 1.807) is 13.1 Å². The number of anilines is 1. The van der Waals surface area contributed by atoms with Gasteiger partial charge in [-0.2, -0.15) is 5.10 Å². The first-order chi connectivity index (χ1) is 18.3. The molecular weight excluding hydrogens is 497 g/mol. The van der Waals surface area contributed by atoms with Gasteiger partial charge in [-0.15, -0.1) is 0 Å². The third-order valence-electron chi connectivity index (χ3n) is 7.28. The van der Waals surface area contributed by atoms with Crippen LogP contribution in [0.3, 0.4) is 0 Å². The predicted molar refractivity (Wildman–Crippen MR) is 137 cm³/mol. The number of amides is 1. The number of nitrogens with zero attached hydrogens (tertiary/aromatic N) is 5. The molecule has 11 heteroatoms. The second-order valence-electron chi connectivity index (χ2n) is 9.61. The molecule has 0 aliphatic carbocycles. The summed E-state index contributed by atoms with van der Waals surface area (Å²) in [6, 6.07) is 5.36. The first-order valence-corrected chi connectivity index (χ1v) is 12.7. The number of hydrogen-bond donors (Lipinski definition) is 1. The topological polar surface area (TPSA) is 85.2 Å². The Morgan fingerprint density at radius 2 is 1.84 bits per heavy atom. The fraction of sp³-hybridized carbons (Fsp3) is 0.481. The minimum Gasteiger partial charge on any atom is -0.377 e. The molecule has 0 bridgehead atoms. The van der Waals surface area contributed by atoms with Crippen LogP contribution in [0.2, 0.25) is 0 Å². The van der Waals surface area contributed by atoms with Crippen molar-refractivity contribution in [2.45, 2.75) is 58.1 Å². The Bertz CT molecular complexity index is 1230. The standard InChI is InChI=1S/C26H31FN6O2.CH2F2/c1-16-12-21(14-29-25(16)19-6-9-32(10-7-19)23-8-11-35-18(23)3)31-26(34)22-15-30-33(17(22)2)24-5-4-20(27)13-28-24;2-1-3/h4-5,12-15,18-19,23H,6-11H2,1-3H3,(H,31,34);1H2. The van der Waals surface area contributed by atoms with E-state index in [9.17, 15) is 18.0 Å². The van der Waals surface area contributed by atoms with E-state index >= 15 is 0 Å². The lowest BCUT2D eigenvalue weighted by Gasteiger charge is -2.37. The normalized spacial score (nSPS) is 20.2. The van der Waals surface area contributed by atoms with Crippen molar-refractivity contribution in [1.82, 2.24) is 24.6 Å². The number of hydrogen-bond acceptors (Lipinski definition) is 6. The SMILES string of the molecule is Cc1cc(NC(=O)c2cnn(-c3ccc(F)cn3)c2C)cnc1C1CCN(C2CCOC2C)CC1.FCF. The highest BCUT2D eigenvalue weighted by molar-refractivity contribution is 6.04. The maximum atomic E-state index is 13.2. The number of halogens is 3. The van der Waals surface area contributed by atoms with Gasteiger partial charge in [-0.3, -0.25) is 14.7 Å². The molecule has 3 aromatic heterocycles. The van der Waals surface area contributed by atoms with E-state index in [1.165, 1.54) is 23.0 Å². The summed E-state index contributed by atoms with van der Waals surface area (Å²) in [5.41, 5.74) is 3.90. The molecule has 2 aliphatic heterocycles. The Morgan fingerprint density at radius 3 is 2.45 bits per heavy atom. The third kappa shape index (κ3) is 6.21. The molecule has 38 heavy (non-hydrogen) atoms. The second kappa shape index (κ2) is 12.5. The van der Waals surface area contributed by atoms with Crippen molar-refractivity contribution in [3.8, 4) is 5.82 Å². The summed E-state index contributed by atoms with van der Waals surface area (Å²) in [5, 5.41) is 7.19. The summed E-state index contributed by atoms with van der Waals surface area (Å²) < 4.78 is 39.7. The van der Waals surface area contributed by atoms with Gasteiger partial charge in [-0.25, -0.2) is 22.8 Å². The van der Waals surface area contributed by atoms with Crippen LogP contribution < -0.4 is 5.32 Å². The van der Waals surface area contributed by atoms with Crippen molar-refractivity contribution >= 4 is 11.6 Å². The molecule has 1 amide bonds. The van der Waals surface area contributed by atoms with Crippen molar-refractivity contribution in [3.05, 3.63) is 65.1 Å². The maximum Gasteiger partial charge on any atom is 0.259 e. The summed E-state index contributed by atoms with van der Waals surface area (Å²) in [7, 11) is 0. The number of carbonyl (C=O) groups excluding carboxylic acids is 1. The zero-order valence-corrected chi connectivity index (χ0v) is 21.8. The highest BCUT2D eigenvalue weighted by Crippen LogP contribution is 2.32. The molecule has 2 aliphatic rings. The van der Waals surface area contributed by atoms with E-state index < -0.39 is 12.7 Å². The molecule has 0 spiro atoms. The Hall–Kier alpha value is -3.31. The van der Waals surface area contributed by atoms with E-state index in [-0.39, 0.29) is 5.91 Å². The second-order valence-corrected chi connectivity index (χ2v) is 9.61. The molecule has 1 N–H and O–H groups in total. The van der Waals surface area contributed by atoms with Crippen LogP contribution in [0.1, 0.15) is 59.4 Å². The molecule has 8 nitrogen and oxygen atoms in total. The van der Waals surface area contributed by atoms with Crippen LogP contribution >= 0.6 is 0 Å². The predicted octanol–water partition coefficient (Wildman–Crippen LogP) is 4.91. The van der Waals surface area contributed by atoms with Gasteiger partial charge in [0.2, 0.25) is 6.93 Å². The largest absolute Gasteiger partial charge is 0.377 e. The lowest BCUT2D eigenvalue weighted by Crippen LogP contribution is -2.44. The van der Waals surface area contributed by atoms with Crippen molar-refractivity contribution in [2.24, 2.45) is 0 Å². The van der Waals surface area contributed by atoms with Crippen LogP contribution in [-0.4, -0.2) is 69.3 Å². The minimum atomic E-state index is -1.75. The zero-order valence-electron chi connectivity index (χ0n) is 21.8. The molecule has 2 atom stereocenters. The molecule has 0 radical (unpaired) electrons. The Kier molecular flexibility index (Phi) is 9.11. The molecule has 0 aromatic carbocycles. The lowest BCUT2D eigenvalue weighted by molar-refractivity contribution is 0.0625. The van der Waals surface area contributed by atoms with Gasteiger partial charge in [0.15, 0.2) is 5.82 Å². The molecule has 3 aromatic rings. The van der Waals surface area contributed by atoms with E-state index in [2.05, 4.69) is 34.1 Å². The van der Waals surface area contributed by atoms with Crippen LogP contribution in [-0.2, 0) is 4.74 Å². The highest BCUT2D eigenvalue weighted by atomic mass is 19.3. The fourth-order valence-electron chi connectivity index (χ4n) is 5.34. The quantitative estimate of drug-likeness (QED) is 0.505. The van der Waals surface area contributed by atoms with Crippen LogP contribution in [0.25, 0.3) is 5.82 Å². The van der Waals surface area contributed by atoms with Crippen molar-refractivity contribution in [2.75, 3.05) is 31.9 Å². The van der Waals surface area contributed by atoms with E-state index in [1.807, 2.05) is 6.07 Å². The van der Waals surface area contributed by atoms with Crippen LogP contribution in [0.4, 0.5) is 18.9 Å². The van der Waals surface area contributed by atoms with Gasteiger partial charge in [0.25, 0.3) is 5.91 Å². The molecular formula is C27H33F3N6O2. The third-order valence-corrected chi connectivity index (χ3v) is 7.28. The number of alkyl halides is 2. The van der Waals surface area contributed by atoms with Crippen LogP contribution in [0.5, 0.6) is 0 Å². The van der Waals surface area contributed by atoms with Gasteiger partial charge in [-0.05, 0) is 76.9 Å². The number of rotatable bonds is 5. The van der Waals surface area contributed by atoms with Gasteiger partial charge in [-0.1, -0.05) is 0 Å². The summed E-state index contributed by atoms with van der Waals surface area (Å²) >= 11 is 0. The van der Waals surface area contributed by atoms with Crippen molar-refractivity contribution in [1.29, 1.82) is 0 Å². The summed E-state index contributed by atoms with van der Waals surface area (Å²) in [4.78, 5) is 24.3.